The largest absolute Gasteiger partial charge is 0.378 e. The van der Waals surface area contributed by atoms with Crippen LogP contribution >= 0.6 is 0 Å². The van der Waals surface area contributed by atoms with Crippen LogP contribution in [-0.4, -0.2) is 49.4 Å². The van der Waals surface area contributed by atoms with E-state index in [0.29, 0.717) is 0 Å². The fourth-order valence-electron chi connectivity index (χ4n) is 4.38. The molecular weight excluding hydrogens is 476 g/mol. The summed E-state index contributed by atoms with van der Waals surface area (Å²) in [5.41, 5.74) is 1.63. The molecule has 0 atom stereocenters. The molecular formula is C20H40F8Si3. The Labute approximate surface area is 186 Å². The molecule has 0 fully saturated rings. The number of halogens is 8. The summed E-state index contributed by atoms with van der Waals surface area (Å²) in [6, 6.07) is 3.65. The molecule has 0 bridgehead atoms. The van der Waals surface area contributed by atoms with E-state index in [1.54, 1.807) is 0 Å². The van der Waals surface area contributed by atoms with Crippen molar-refractivity contribution in [2.45, 2.75) is 126 Å². The summed E-state index contributed by atoms with van der Waals surface area (Å²) in [7, 11) is -4.82. The first-order valence-electron chi connectivity index (χ1n) is 11.5. The maximum atomic E-state index is 14.5. The highest BCUT2D eigenvalue weighted by molar-refractivity contribution is 6.95. The third-order valence-corrected chi connectivity index (χ3v) is 25.4. The maximum Gasteiger partial charge on any atom is 0.378 e. The molecule has 0 saturated carbocycles. The highest BCUT2D eigenvalue weighted by Crippen LogP contribution is 2.55. The van der Waals surface area contributed by atoms with Crippen molar-refractivity contribution < 1.29 is 35.1 Å². The van der Waals surface area contributed by atoms with Gasteiger partial charge in [0.05, 0.1) is 0 Å². The van der Waals surface area contributed by atoms with E-state index in [1.165, 1.54) is 0 Å². The van der Waals surface area contributed by atoms with Crippen LogP contribution in [0.4, 0.5) is 35.1 Å². The third kappa shape index (κ3) is 7.55. The van der Waals surface area contributed by atoms with Gasteiger partial charge in [-0.05, 0) is 0 Å². The molecule has 0 nitrogen and oxygen atoms in total. The molecule has 0 rings (SSSR count). The normalized spacial score (nSPS) is 14.7. The molecule has 0 aliphatic carbocycles. The predicted octanol–water partition coefficient (Wildman–Crippen LogP) is 8.41. The van der Waals surface area contributed by atoms with Crippen molar-refractivity contribution in [3.8, 4) is 0 Å². The van der Waals surface area contributed by atoms with Crippen molar-refractivity contribution in [3.63, 3.8) is 0 Å². The molecule has 0 aliphatic heterocycles. The Kier molecular flexibility index (Phi) is 12.0. The lowest BCUT2D eigenvalue weighted by molar-refractivity contribution is -0.367. The van der Waals surface area contributed by atoms with Gasteiger partial charge in [-0.1, -0.05) is 89.1 Å². The molecule has 188 valence electrons. The number of alkyl halides is 8. The second-order valence-electron chi connectivity index (χ2n) is 9.39. The Bertz CT molecular complexity index is 507. The molecule has 0 N–H and O–H groups in total. The SMILES string of the molecule is CCCC(F)(F)C(F)(F)C(F)(F)C(F)(F)CC[Si](C)(C[SiH](CC)CC)C[SiH](CC)CC. The summed E-state index contributed by atoms with van der Waals surface area (Å²) in [5, 5.41) is 0. The van der Waals surface area contributed by atoms with E-state index in [0.717, 1.165) is 42.4 Å². The highest BCUT2D eigenvalue weighted by atomic mass is 28.4. The number of rotatable bonds is 16. The topological polar surface area (TPSA) is 0 Å². The van der Waals surface area contributed by atoms with Crippen molar-refractivity contribution in [2.75, 3.05) is 0 Å². The van der Waals surface area contributed by atoms with E-state index >= 15 is 0 Å². The third-order valence-electron chi connectivity index (χ3n) is 6.79. The maximum absolute atomic E-state index is 14.5. The van der Waals surface area contributed by atoms with Crippen molar-refractivity contribution in [3.05, 3.63) is 0 Å². The number of hydrogen-bond donors (Lipinski definition) is 0. The summed E-state index contributed by atoms with van der Waals surface area (Å²) in [5.74, 6) is -22.6. The molecule has 0 amide bonds. The summed E-state index contributed by atoms with van der Waals surface area (Å²) >= 11 is 0. The van der Waals surface area contributed by atoms with E-state index in [2.05, 4.69) is 0 Å². The standard InChI is InChI=1S/C20H40F8Si3/c1-7-12-17(21,22)19(25,26)20(27,28)18(23,24)13-14-31(6,15-29(8-2)9-3)16-30(10-4)11-5/h29-30H,7-16H2,1-6H3. The molecule has 0 aromatic heterocycles. The molecule has 0 radical (unpaired) electrons. The highest BCUT2D eigenvalue weighted by Gasteiger charge is 2.79. The monoisotopic (exact) mass is 516 g/mol. The fourth-order valence-corrected chi connectivity index (χ4v) is 26.0. The van der Waals surface area contributed by atoms with Gasteiger partial charge in [0.1, 0.15) is 0 Å². The van der Waals surface area contributed by atoms with Gasteiger partial charge in [0.25, 0.3) is 0 Å². The van der Waals surface area contributed by atoms with E-state index in [-0.39, 0.29) is 6.04 Å². The summed E-state index contributed by atoms with van der Waals surface area (Å²) in [6.45, 7) is 11.2. The zero-order valence-electron chi connectivity index (χ0n) is 19.7. The van der Waals surface area contributed by atoms with Gasteiger partial charge in [0.15, 0.2) is 0 Å². The molecule has 0 aliphatic rings. The van der Waals surface area contributed by atoms with Crippen LogP contribution in [0.2, 0.25) is 48.1 Å². The zero-order chi connectivity index (χ0) is 24.7. The Morgan fingerprint density at radius 3 is 1.19 bits per heavy atom. The minimum atomic E-state index is -6.11. The molecule has 11 heteroatoms. The van der Waals surface area contributed by atoms with Crippen LogP contribution in [0.1, 0.15) is 53.9 Å². The lowest BCUT2D eigenvalue weighted by Crippen LogP contribution is -2.62. The summed E-state index contributed by atoms with van der Waals surface area (Å²) in [4.78, 5) is 0. The van der Waals surface area contributed by atoms with Crippen molar-refractivity contribution >= 4 is 25.7 Å². The van der Waals surface area contributed by atoms with Crippen LogP contribution in [0.15, 0.2) is 0 Å². The molecule has 0 aromatic rings. The Morgan fingerprint density at radius 1 is 0.581 bits per heavy atom. The van der Waals surface area contributed by atoms with E-state index < -0.39 is 68.6 Å². The van der Waals surface area contributed by atoms with Gasteiger partial charge in [-0.15, -0.1) is 0 Å². The van der Waals surface area contributed by atoms with Crippen LogP contribution < -0.4 is 0 Å². The van der Waals surface area contributed by atoms with Crippen LogP contribution in [0.25, 0.3) is 0 Å². The van der Waals surface area contributed by atoms with Crippen LogP contribution in [0.3, 0.4) is 0 Å². The lowest BCUT2D eigenvalue weighted by Gasteiger charge is -2.39. The first-order chi connectivity index (χ1) is 14.0. The van der Waals surface area contributed by atoms with Crippen LogP contribution in [0, 0.1) is 0 Å². The predicted molar refractivity (Wildman–Crippen MR) is 122 cm³/mol. The van der Waals surface area contributed by atoms with Gasteiger partial charge in [-0.25, -0.2) is 0 Å². The molecule has 31 heavy (non-hydrogen) atoms. The van der Waals surface area contributed by atoms with Gasteiger partial charge in [-0.3, -0.25) is 0 Å². The van der Waals surface area contributed by atoms with Gasteiger partial charge in [0.2, 0.25) is 0 Å². The first kappa shape index (κ1) is 31.1. The molecule has 0 unspecified atom stereocenters. The average molecular weight is 517 g/mol. The molecule has 0 spiro atoms. The van der Waals surface area contributed by atoms with Crippen molar-refractivity contribution in [1.29, 1.82) is 0 Å². The van der Waals surface area contributed by atoms with E-state index in [1.807, 2.05) is 34.2 Å². The van der Waals surface area contributed by atoms with Crippen LogP contribution in [-0.2, 0) is 0 Å². The number of hydrogen-bond acceptors (Lipinski definition) is 0. The summed E-state index contributed by atoms with van der Waals surface area (Å²) < 4.78 is 113. The zero-order valence-corrected chi connectivity index (χ0v) is 23.1. The Morgan fingerprint density at radius 2 is 0.903 bits per heavy atom. The summed E-state index contributed by atoms with van der Waals surface area (Å²) in [6.07, 6.45) is -3.54. The van der Waals surface area contributed by atoms with Crippen molar-refractivity contribution in [2.24, 2.45) is 0 Å². The fraction of sp³-hybridized carbons (Fsp3) is 1.00. The second kappa shape index (κ2) is 12.0. The second-order valence-corrected chi connectivity index (χ2v) is 23.5. The van der Waals surface area contributed by atoms with Gasteiger partial charge in [0, 0.05) is 38.5 Å². The van der Waals surface area contributed by atoms with Gasteiger partial charge in [-0.2, -0.15) is 35.1 Å². The van der Waals surface area contributed by atoms with Crippen LogP contribution in [0.5, 0.6) is 0 Å². The first-order valence-corrected chi connectivity index (χ1v) is 19.5. The van der Waals surface area contributed by atoms with Gasteiger partial charge < -0.3 is 0 Å². The smallest absolute Gasteiger partial charge is 0.200 e. The minimum Gasteiger partial charge on any atom is -0.200 e. The van der Waals surface area contributed by atoms with E-state index in [9.17, 15) is 35.1 Å². The Hall–Kier alpha value is 0.0906. The van der Waals surface area contributed by atoms with Gasteiger partial charge >= 0.3 is 23.7 Å². The quantitative estimate of drug-likeness (QED) is 0.143. The minimum absolute atomic E-state index is 0.224. The average Bonchev–Trinajstić information content (AvgIpc) is 2.68. The molecule has 0 heterocycles. The van der Waals surface area contributed by atoms with E-state index in [4.69, 9.17) is 0 Å². The molecule has 0 saturated heterocycles. The molecule has 0 aromatic carbocycles. The van der Waals surface area contributed by atoms with Crippen molar-refractivity contribution in [1.82, 2.24) is 0 Å². The Balaban J connectivity index is 5.79. The lowest BCUT2D eigenvalue weighted by atomic mass is 9.94.